The van der Waals surface area contributed by atoms with Crippen LogP contribution in [0.5, 0.6) is 5.75 Å². The molecule has 7 nitrogen and oxygen atoms in total. The minimum Gasteiger partial charge on any atom is -0.494 e. The van der Waals surface area contributed by atoms with E-state index in [1.54, 1.807) is 16.4 Å². The van der Waals surface area contributed by atoms with Gasteiger partial charge in [-0.3, -0.25) is 0 Å². The molecular weight excluding hydrogens is 448 g/mol. The standard InChI is InChI=1S/C26H30N4O3S/c1-4-6-15-32-21-14-10-13-20(16-21)23-22(24(31)33-17-19-11-8-7-9-12-19)18(3)27-25-28-26(34-5-2)29-30(23)25/h7-14,16,23H,4-6,15,17H2,1-3H3,(H,27,28,29). The van der Waals surface area contributed by atoms with Crippen molar-refractivity contribution in [3.8, 4) is 5.75 Å². The number of ether oxygens (including phenoxy) is 2. The van der Waals surface area contributed by atoms with Crippen LogP contribution in [0.25, 0.3) is 0 Å². The van der Waals surface area contributed by atoms with E-state index >= 15 is 0 Å². The zero-order valence-electron chi connectivity index (χ0n) is 19.8. The molecular formula is C26H30N4O3S. The van der Waals surface area contributed by atoms with E-state index in [1.807, 2.05) is 61.5 Å². The van der Waals surface area contributed by atoms with Gasteiger partial charge >= 0.3 is 5.97 Å². The number of hydrogen-bond acceptors (Lipinski definition) is 7. The van der Waals surface area contributed by atoms with E-state index in [0.29, 0.717) is 29.0 Å². The van der Waals surface area contributed by atoms with Crippen LogP contribution in [0.1, 0.15) is 50.8 Å². The van der Waals surface area contributed by atoms with Crippen molar-refractivity contribution in [2.75, 3.05) is 17.7 Å². The quantitative estimate of drug-likeness (QED) is 0.231. The third kappa shape index (κ3) is 5.44. The van der Waals surface area contributed by atoms with E-state index in [-0.39, 0.29) is 12.6 Å². The van der Waals surface area contributed by atoms with E-state index in [0.717, 1.165) is 35.5 Å². The number of allylic oxidation sites excluding steroid dienone is 1. The van der Waals surface area contributed by atoms with Gasteiger partial charge in [-0.1, -0.05) is 74.5 Å². The molecule has 178 valence electrons. The number of fused-ring (bicyclic) bond motifs is 1. The van der Waals surface area contributed by atoms with Gasteiger partial charge in [0.25, 0.3) is 0 Å². The van der Waals surface area contributed by atoms with Crippen molar-refractivity contribution in [1.29, 1.82) is 0 Å². The van der Waals surface area contributed by atoms with Gasteiger partial charge in [0.05, 0.1) is 12.2 Å². The molecule has 1 aromatic heterocycles. The predicted molar refractivity (Wildman–Crippen MR) is 134 cm³/mol. The molecule has 3 aromatic rings. The summed E-state index contributed by atoms with van der Waals surface area (Å²) in [6, 6.07) is 17.0. The summed E-state index contributed by atoms with van der Waals surface area (Å²) in [6.07, 6.45) is 2.05. The van der Waals surface area contributed by atoms with Crippen molar-refractivity contribution in [1.82, 2.24) is 14.8 Å². The average Bonchev–Trinajstić information content (AvgIpc) is 3.24. The Bertz CT molecular complexity index is 1160. The van der Waals surface area contributed by atoms with E-state index < -0.39 is 6.04 Å². The molecule has 0 aliphatic carbocycles. The van der Waals surface area contributed by atoms with Gasteiger partial charge in [0.1, 0.15) is 18.4 Å². The highest BCUT2D eigenvalue weighted by Crippen LogP contribution is 2.37. The lowest BCUT2D eigenvalue weighted by molar-refractivity contribution is -0.140. The number of unbranched alkanes of at least 4 members (excludes halogenated alkanes) is 1. The fraction of sp³-hybridized carbons (Fsp3) is 0.346. The summed E-state index contributed by atoms with van der Waals surface area (Å²) in [5, 5.41) is 8.62. The van der Waals surface area contributed by atoms with Gasteiger partial charge in [0, 0.05) is 5.70 Å². The number of thioether (sulfide) groups is 1. The number of nitrogens with zero attached hydrogens (tertiary/aromatic N) is 3. The van der Waals surface area contributed by atoms with Gasteiger partial charge in [-0.2, -0.15) is 4.98 Å². The molecule has 1 aliphatic rings. The van der Waals surface area contributed by atoms with Crippen molar-refractivity contribution in [2.24, 2.45) is 0 Å². The zero-order valence-corrected chi connectivity index (χ0v) is 20.6. The molecule has 0 bridgehead atoms. The van der Waals surface area contributed by atoms with Crippen LogP contribution in [0, 0.1) is 0 Å². The number of rotatable bonds is 10. The van der Waals surface area contributed by atoms with Gasteiger partial charge < -0.3 is 14.8 Å². The van der Waals surface area contributed by atoms with Gasteiger partial charge in [0.2, 0.25) is 11.1 Å². The number of carbonyl (C=O) groups excluding carboxylic acids is 1. The fourth-order valence-electron chi connectivity index (χ4n) is 3.80. The first kappa shape index (κ1) is 23.9. The second-order valence-corrected chi connectivity index (χ2v) is 9.23. The molecule has 0 saturated heterocycles. The van der Waals surface area contributed by atoms with Crippen molar-refractivity contribution in [3.63, 3.8) is 0 Å². The molecule has 0 amide bonds. The van der Waals surface area contributed by atoms with Crippen LogP contribution >= 0.6 is 11.8 Å². The number of benzene rings is 2. The van der Waals surface area contributed by atoms with Crippen LogP contribution in [0.3, 0.4) is 0 Å². The number of aromatic nitrogens is 3. The first-order chi connectivity index (χ1) is 16.6. The normalized spacial score (nSPS) is 15.0. The maximum absolute atomic E-state index is 13.4. The van der Waals surface area contributed by atoms with Gasteiger partial charge in [-0.05, 0) is 42.4 Å². The topological polar surface area (TPSA) is 78.3 Å². The number of hydrogen-bond donors (Lipinski definition) is 1. The summed E-state index contributed by atoms with van der Waals surface area (Å²) in [5.41, 5.74) is 3.03. The van der Waals surface area contributed by atoms with Crippen LogP contribution in [0.2, 0.25) is 0 Å². The average molecular weight is 479 g/mol. The summed E-state index contributed by atoms with van der Waals surface area (Å²) < 4.78 is 13.4. The third-order valence-electron chi connectivity index (χ3n) is 5.48. The summed E-state index contributed by atoms with van der Waals surface area (Å²) in [6.45, 7) is 6.92. The Balaban J connectivity index is 1.68. The Kier molecular flexibility index (Phi) is 7.90. The summed E-state index contributed by atoms with van der Waals surface area (Å²) in [5.74, 6) is 1.84. The smallest absolute Gasteiger partial charge is 0.338 e. The van der Waals surface area contributed by atoms with Crippen LogP contribution in [-0.4, -0.2) is 33.1 Å². The van der Waals surface area contributed by atoms with E-state index in [9.17, 15) is 4.79 Å². The minimum atomic E-state index is -0.479. The van der Waals surface area contributed by atoms with Crippen molar-refractivity contribution < 1.29 is 14.3 Å². The molecule has 2 aromatic carbocycles. The second-order valence-electron chi connectivity index (χ2n) is 8.00. The SMILES string of the molecule is CCCCOc1cccc(C2C(C(=O)OCc3ccccc3)=C(C)Nc3nc(SCC)nn32)c1. The van der Waals surface area contributed by atoms with Crippen LogP contribution in [-0.2, 0) is 16.1 Å². The maximum Gasteiger partial charge on any atom is 0.338 e. The molecule has 0 saturated carbocycles. The highest BCUT2D eigenvalue weighted by Gasteiger charge is 2.35. The maximum atomic E-state index is 13.4. The molecule has 1 aliphatic heterocycles. The van der Waals surface area contributed by atoms with Gasteiger partial charge in [-0.25, -0.2) is 9.48 Å². The number of esters is 1. The largest absolute Gasteiger partial charge is 0.494 e. The van der Waals surface area contributed by atoms with Gasteiger partial charge in [0.15, 0.2) is 0 Å². The highest BCUT2D eigenvalue weighted by molar-refractivity contribution is 7.99. The van der Waals surface area contributed by atoms with Crippen LogP contribution in [0.15, 0.2) is 71.0 Å². The Morgan fingerprint density at radius 1 is 1.15 bits per heavy atom. The molecule has 8 heteroatoms. The minimum absolute atomic E-state index is 0.199. The molecule has 1 unspecified atom stereocenters. The van der Waals surface area contributed by atoms with E-state index in [4.69, 9.17) is 14.6 Å². The van der Waals surface area contributed by atoms with Crippen LogP contribution in [0.4, 0.5) is 5.95 Å². The summed E-state index contributed by atoms with van der Waals surface area (Å²) >= 11 is 1.56. The molecule has 34 heavy (non-hydrogen) atoms. The lowest BCUT2D eigenvalue weighted by Crippen LogP contribution is -2.29. The lowest BCUT2D eigenvalue weighted by Gasteiger charge is -2.28. The molecule has 0 fully saturated rings. The van der Waals surface area contributed by atoms with Crippen molar-refractivity contribution >= 4 is 23.7 Å². The Morgan fingerprint density at radius 2 is 1.97 bits per heavy atom. The Hall–Kier alpha value is -3.26. The molecule has 2 heterocycles. The first-order valence-corrected chi connectivity index (χ1v) is 12.6. The predicted octanol–water partition coefficient (Wildman–Crippen LogP) is 5.60. The van der Waals surface area contributed by atoms with Gasteiger partial charge in [-0.15, -0.1) is 5.10 Å². The fourth-order valence-corrected chi connectivity index (χ4v) is 4.36. The summed E-state index contributed by atoms with van der Waals surface area (Å²) in [7, 11) is 0. The molecule has 0 spiro atoms. The van der Waals surface area contributed by atoms with Crippen molar-refractivity contribution in [3.05, 3.63) is 77.0 Å². The Labute approximate surface area is 204 Å². The van der Waals surface area contributed by atoms with Crippen LogP contribution < -0.4 is 10.1 Å². The molecule has 4 rings (SSSR count). The number of nitrogens with one attached hydrogen (secondary N) is 1. The molecule has 0 radical (unpaired) electrons. The van der Waals surface area contributed by atoms with Crippen molar-refractivity contribution in [2.45, 2.75) is 51.4 Å². The van der Waals surface area contributed by atoms with E-state index in [1.165, 1.54) is 0 Å². The molecule has 1 N–H and O–H groups in total. The third-order valence-corrected chi connectivity index (χ3v) is 6.20. The first-order valence-electron chi connectivity index (χ1n) is 11.6. The number of anilines is 1. The monoisotopic (exact) mass is 478 g/mol. The van der Waals surface area contributed by atoms with E-state index in [2.05, 4.69) is 24.1 Å². The summed E-state index contributed by atoms with van der Waals surface area (Å²) in [4.78, 5) is 18.0. The zero-order chi connectivity index (χ0) is 23.9. The molecule has 1 atom stereocenters. The Morgan fingerprint density at radius 3 is 2.74 bits per heavy atom. The lowest BCUT2D eigenvalue weighted by atomic mass is 9.95. The second kappa shape index (κ2) is 11.2. The highest BCUT2D eigenvalue weighted by atomic mass is 32.2. The number of carbonyl (C=O) groups is 1.